The molecule has 0 unspecified atom stereocenters. The zero-order valence-corrected chi connectivity index (χ0v) is 16.3. The molecule has 11 heteroatoms. The molecule has 162 valence electrons. The Morgan fingerprint density at radius 3 is 2.20 bits per heavy atom. The number of carboxylic acids is 1. The molecule has 2 amide bonds. The van der Waals surface area contributed by atoms with Crippen LogP contribution in [0.5, 0.6) is 0 Å². The minimum absolute atomic E-state index is 0.00576. The Hall–Kier alpha value is -3.13. The smallest absolute Gasteiger partial charge is 0.475 e. The molecule has 2 fully saturated rings. The van der Waals surface area contributed by atoms with Gasteiger partial charge in [0.15, 0.2) is 0 Å². The van der Waals surface area contributed by atoms with Crippen molar-refractivity contribution < 1.29 is 32.7 Å². The van der Waals surface area contributed by atoms with E-state index in [1.165, 1.54) is 0 Å². The summed E-state index contributed by atoms with van der Waals surface area (Å²) in [5.41, 5.74) is 1.16. The van der Waals surface area contributed by atoms with E-state index in [0.29, 0.717) is 30.1 Å². The monoisotopic (exact) mass is 426 g/mol. The summed E-state index contributed by atoms with van der Waals surface area (Å²) in [5.74, 6) is -2.38. The van der Waals surface area contributed by atoms with Crippen LogP contribution < -0.4 is 5.32 Å². The summed E-state index contributed by atoms with van der Waals surface area (Å²) < 4.78 is 31.7. The van der Waals surface area contributed by atoms with E-state index in [1.807, 2.05) is 11.9 Å². The first-order valence-corrected chi connectivity index (χ1v) is 9.02. The molecule has 0 radical (unpaired) electrons. The second kappa shape index (κ2) is 9.13. The summed E-state index contributed by atoms with van der Waals surface area (Å²) in [6, 6.07) is 8.92. The van der Waals surface area contributed by atoms with Crippen molar-refractivity contribution in [1.29, 1.82) is 5.26 Å². The third kappa shape index (κ3) is 5.07. The van der Waals surface area contributed by atoms with Crippen LogP contribution in [0.25, 0.3) is 0 Å². The first kappa shape index (κ1) is 23.2. The van der Waals surface area contributed by atoms with Gasteiger partial charge in [0, 0.05) is 31.7 Å². The van der Waals surface area contributed by atoms with Crippen LogP contribution >= 0.6 is 0 Å². The SMILES string of the molecule is CNC(=O)[C@H]1C[C@@H]2CN(C(=O)c3ccc(C#N)cc3)C[C@@H]2N1C.O=C(O)C(F)(F)F. The number of carboxylic acid groups (broad SMARTS) is 1. The number of carbonyl (C=O) groups excluding carboxylic acids is 2. The molecule has 2 heterocycles. The minimum atomic E-state index is -5.08. The van der Waals surface area contributed by atoms with Crippen LogP contribution in [-0.2, 0) is 9.59 Å². The van der Waals surface area contributed by atoms with E-state index in [1.54, 1.807) is 31.3 Å². The predicted octanol–water partition coefficient (Wildman–Crippen LogP) is 1.08. The fraction of sp³-hybridized carbons (Fsp3) is 0.474. The molecule has 1 aromatic rings. The van der Waals surface area contributed by atoms with Gasteiger partial charge in [0.1, 0.15) is 0 Å². The van der Waals surface area contributed by atoms with Crippen molar-refractivity contribution in [2.45, 2.75) is 24.7 Å². The molecule has 2 aliphatic heterocycles. The van der Waals surface area contributed by atoms with E-state index < -0.39 is 12.1 Å². The number of halogens is 3. The lowest BCUT2D eigenvalue weighted by atomic mass is 10.0. The lowest BCUT2D eigenvalue weighted by molar-refractivity contribution is -0.192. The summed E-state index contributed by atoms with van der Waals surface area (Å²) >= 11 is 0. The lowest BCUT2D eigenvalue weighted by Crippen LogP contribution is -2.45. The molecule has 3 rings (SSSR count). The highest BCUT2D eigenvalue weighted by molar-refractivity contribution is 5.94. The van der Waals surface area contributed by atoms with Crippen LogP contribution in [0.4, 0.5) is 13.2 Å². The summed E-state index contributed by atoms with van der Waals surface area (Å²) in [4.78, 5) is 37.3. The number of aliphatic carboxylic acids is 1. The number of likely N-dealkylation sites (tertiary alicyclic amines) is 2. The van der Waals surface area contributed by atoms with E-state index >= 15 is 0 Å². The third-order valence-corrected chi connectivity index (χ3v) is 5.29. The topological polar surface area (TPSA) is 114 Å². The van der Waals surface area contributed by atoms with Gasteiger partial charge in [-0.15, -0.1) is 0 Å². The van der Waals surface area contributed by atoms with Gasteiger partial charge in [0.05, 0.1) is 17.7 Å². The Bertz CT molecular complexity index is 851. The zero-order chi connectivity index (χ0) is 22.6. The molecule has 2 N–H and O–H groups in total. The van der Waals surface area contributed by atoms with Crippen molar-refractivity contribution in [3.8, 4) is 6.07 Å². The molecule has 0 spiro atoms. The maximum Gasteiger partial charge on any atom is 0.490 e. The number of hydrogen-bond acceptors (Lipinski definition) is 5. The normalized spacial score (nSPS) is 23.1. The zero-order valence-electron chi connectivity index (χ0n) is 16.3. The number of fused-ring (bicyclic) bond motifs is 1. The quantitative estimate of drug-likeness (QED) is 0.732. The van der Waals surface area contributed by atoms with Crippen molar-refractivity contribution in [2.24, 2.45) is 5.92 Å². The lowest BCUT2D eigenvalue weighted by Gasteiger charge is -2.25. The molecule has 0 bridgehead atoms. The molecule has 2 saturated heterocycles. The molecule has 0 aliphatic carbocycles. The number of likely N-dealkylation sites (N-methyl/N-ethyl adjacent to an activating group) is 2. The van der Waals surface area contributed by atoms with E-state index in [0.717, 1.165) is 6.42 Å². The van der Waals surface area contributed by atoms with Gasteiger partial charge in [-0.2, -0.15) is 18.4 Å². The van der Waals surface area contributed by atoms with Gasteiger partial charge >= 0.3 is 12.1 Å². The van der Waals surface area contributed by atoms with Crippen molar-refractivity contribution in [2.75, 3.05) is 27.2 Å². The van der Waals surface area contributed by atoms with E-state index in [9.17, 15) is 22.8 Å². The van der Waals surface area contributed by atoms with Crippen molar-refractivity contribution in [1.82, 2.24) is 15.1 Å². The van der Waals surface area contributed by atoms with Crippen LogP contribution in [-0.4, -0.2) is 78.1 Å². The van der Waals surface area contributed by atoms with Crippen molar-refractivity contribution in [3.05, 3.63) is 35.4 Å². The van der Waals surface area contributed by atoms with Crippen LogP contribution in [0, 0.1) is 17.2 Å². The molecular formula is C19H21F3N4O4. The maximum absolute atomic E-state index is 12.6. The van der Waals surface area contributed by atoms with Gasteiger partial charge in [0.2, 0.25) is 5.91 Å². The average molecular weight is 426 g/mol. The number of benzene rings is 1. The van der Waals surface area contributed by atoms with Crippen LogP contribution in [0.3, 0.4) is 0 Å². The van der Waals surface area contributed by atoms with Gasteiger partial charge in [-0.05, 0) is 43.7 Å². The van der Waals surface area contributed by atoms with Gasteiger partial charge in [-0.3, -0.25) is 14.5 Å². The fourth-order valence-corrected chi connectivity index (χ4v) is 3.73. The number of alkyl halides is 3. The van der Waals surface area contributed by atoms with Gasteiger partial charge < -0.3 is 15.3 Å². The summed E-state index contributed by atoms with van der Waals surface area (Å²) in [7, 11) is 3.62. The second-order valence-electron chi connectivity index (χ2n) is 7.06. The number of nitrogens with one attached hydrogen (secondary N) is 1. The molecule has 8 nitrogen and oxygen atoms in total. The average Bonchev–Trinajstić information content (AvgIpc) is 3.26. The molecule has 2 aliphatic rings. The molecule has 0 aromatic heterocycles. The summed E-state index contributed by atoms with van der Waals surface area (Å²) in [6.45, 7) is 1.33. The predicted molar refractivity (Wildman–Crippen MR) is 98.3 cm³/mol. The number of carbonyl (C=O) groups is 3. The molecule has 0 saturated carbocycles. The summed E-state index contributed by atoms with van der Waals surface area (Å²) in [5, 5.41) is 18.7. The standard InChI is InChI=1S/C17H20N4O2.C2HF3O2/c1-19-16(22)14-7-13-9-21(10-15(13)20(14)2)17(23)12-5-3-11(8-18)4-6-12;3-2(4,5)1(6)7/h3-6,13-15H,7,9-10H2,1-2H3,(H,19,22);(H,6,7)/t13-,14-,15+;/m1./s1. The van der Waals surface area contributed by atoms with E-state index in [-0.39, 0.29) is 23.9 Å². The Morgan fingerprint density at radius 2 is 1.77 bits per heavy atom. The second-order valence-corrected chi connectivity index (χ2v) is 7.06. The molecular weight excluding hydrogens is 405 g/mol. The number of amides is 2. The highest BCUT2D eigenvalue weighted by Gasteiger charge is 2.48. The Kier molecular flexibility index (Phi) is 7.04. The van der Waals surface area contributed by atoms with E-state index in [2.05, 4.69) is 16.3 Å². The number of nitrogens with zero attached hydrogens (tertiary/aromatic N) is 3. The van der Waals surface area contributed by atoms with Crippen molar-refractivity contribution in [3.63, 3.8) is 0 Å². The Morgan fingerprint density at radius 1 is 1.20 bits per heavy atom. The largest absolute Gasteiger partial charge is 0.490 e. The molecule has 1 aromatic carbocycles. The highest BCUT2D eigenvalue weighted by Crippen LogP contribution is 2.35. The van der Waals surface area contributed by atoms with Crippen LogP contribution in [0.15, 0.2) is 24.3 Å². The highest BCUT2D eigenvalue weighted by atomic mass is 19.4. The summed E-state index contributed by atoms with van der Waals surface area (Å²) in [6.07, 6.45) is -4.29. The van der Waals surface area contributed by atoms with Gasteiger partial charge in [-0.25, -0.2) is 4.79 Å². The molecule has 30 heavy (non-hydrogen) atoms. The Labute approximate surface area is 170 Å². The van der Waals surface area contributed by atoms with Crippen molar-refractivity contribution >= 4 is 17.8 Å². The fourth-order valence-electron chi connectivity index (χ4n) is 3.73. The molecule has 3 atom stereocenters. The minimum Gasteiger partial charge on any atom is -0.475 e. The number of rotatable bonds is 2. The van der Waals surface area contributed by atoms with Crippen LogP contribution in [0.2, 0.25) is 0 Å². The van der Waals surface area contributed by atoms with Crippen LogP contribution in [0.1, 0.15) is 22.3 Å². The first-order valence-electron chi connectivity index (χ1n) is 9.02. The first-order chi connectivity index (χ1) is 14.0. The Balaban J connectivity index is 0.000000396. The number of nitriles is 1. The van der Waals surface area contributed by atoms with E-state index in [4.69, 9.17) is 15.2 Å². The maximum atomic E-state index is 12.6. The van der Waals surface area contributed by atoms with Gasteiger partial charge in [0.25, 0.3) is 5.91 Å². The number of hydrogen-bond donors (Lipinski definition) is 2. The third-order valence-electron chi connectivity index (χ3n) is 5.29. The van der Waals surface area contributed by atoms with Gasteiger partial charge in [-0.1, -0.05) is 0 Å².